The number of carbonyl (C=O) groups is 1. The number of anilines is 2. The van der Waals surface area contributed by atoms with E-state index in [1.54, 1.807) is 18.0 Å². The predicted octanol–water partition coefficient (Wildman–Crippen LogP) is 1.19. The van der Waals surface area contributed by atoms with Crippen LogP contribution in [0.25, 0.3) is 0 Å². The minimum Gasteiger partial charge on any atom is -0.482 e. The Kier molecular flexibility index (Phi) is 2.26. The molecule has 0 spiro atoms. The number of hydrogen-bond donors (Lipinski definition) is 1. The maximum atomic E-state index is 11.4. The number of nitrogen functional groups attached to an aromatic ring is 1. The zero-order chi connectivity index (χ0) is 11.0. The Morgan fingerprint density at radius 3 is 2.93 bits per heavy atom. The zero-order valence-corrected chi connectivity index (χ0v) is 8.91. The Hall–Kier alpha value is -1.71. The minimum absolute atomic E-state index is 0.0499. The number of benzene rings is 1. The third-order valence-electron chi connectivity index (χ3n) is 2.69. The number of carbonyl (C=O) groups excluding carboxylic acids is 1. The van der Waals surface area contributed by atoms with Gasteiger partial charge in [0.2, 0.25) is 0 Å². The van der Waals surface area contributed by atoms with Gasteiger partial charge in [0.25, 0.3) is 5.91 Å². The number of fused-ring (bicyclic) bond motifs is 1. The van der Waals surface area contributed by atoms with Crippen molar-refractivity contribution in [2.45, 2.75) is 13.3 Å². The molecule has 2 rings (SSSR count). The van der Waals surface area contributed by atoms with Crippen LogP contribution in [0.2, 0.25) is 0 Å². The first-order chi connectivity index (χ1) is 7.13. The van der Waals surface area contributed by atoms with Gasteiger partial charge in [-0.1, -0.05) is 6.92 Å². The first kappa shape index (κ1) is 9.83. The van der Waals surface area contributed by atoms with Gasteiger partial charge in [-0.05, 0) is 24.1 Å². The molecule has 0 aromatic heterocycles. The molecular formula is C11H14N2O2. The Bertz CT molecular complexity index is 415. The van der Waals surface area contributed by atoms with E-state index < -0.39 is 0 Å². The molecule has 1 aliphatic heterocycles. The molecular weight excluding hydrogens is 192 g/mol. The van der Waals surface area contributed by atoms with Gasteiger partial charge in [-0.15, -0.1) is 0 Å². The lowest BCUT2D eigenvalue weighted by Gasteiger charge is -2.26. The van der Waals surface area contributed by atoms with Gasteiger partial charge in [0, 0.05) is 12.7 Å². The second-order valence-electron chi connectivity index (χ2n) is 3.61. The van der Waals surface area contributed by atoms with Crippen molar-refractivity contribution in [3.05, 3.63) is 17.7 Å². The lowest BCUT2D eigenvalue weighted by atomic mass is 10.1. The van der Waals surface area contributed by atoms with Crippen LogP contribution in [0.5, 0.6) is 5.75 Å². The van der Waals surface area contributed by atoms with Crippen molar-refractivity contribution in [3.63, 3.8) is 0 Å². The SMILES string of the molecule is CCc1cc2c(cc1N)N(C)C(=O)CO2. The summed E-state index contributed by atoms with van der Waals surface area (Å²) in [7, 11) is 1.73. The van der Waals surface area contributed by atoms with E-state index in [2.05, 4.69) is 0 Å². The molecule has 0 unspecified atom stereocenters. The quantitative estimate of drug-likeness (QED) is 0.702. The third-order valence-corrected chi connectivity index (χ3v) is 2.69. The van der Waals surface area contributed by atoms with E-state index in [4.69, 9.17) is 10.5 Å². The van der Waals surface area contributed by atoms with E-state index in [-0.39, 0.29) is 12.5 Å². The number of nitrogens with zero attached hydrogens (tertiary/aromatic N) is 1. The van der Waals surface area contributed by atoms with E-state index in [0.717, 1.165) is 23.4 Å². The predicted molar refractivity (Wildman–Crippen MR) is 59.1 cm³/mol. The van der Waals surface area contributed by atoms with Gasteiger partial charge < -0.3 is 15.4 Å². The summed E-state index contributed by atoms with van der Waals surface area (Å²) in [4.78, 5) is 13.0. The van der Waals surface area contributed by atoms with Crippen molar-refractivity contribution in [3.8, 4) is 5.75 Å². The van der Waals surface area contributed by atoms with Gasteiger partial charge in [0.15, 0.2) is 6.61 Å². The summed E-state index contributed by atoms with van der Waals surface area (Å²) >= 11 is 0. The number of likely N-dealkylation sites (N-methyl/N-ethyl adjacent to an activating group) is 1. The van der Waals surface area contributed by atoms with Gasteiger partial charge in [-0.3, -0.25) is 4.79 Å². The highest BCUT2D eigenvalue weighted by atomic mass is 16.5. The molecule has 80 valence electrons. The molecule has 15 heavy (non-hydrogen) atoms. The minimum atomic E-state index is -0.0499. The summed E-state index contributed by atoms with van der Waals surface area (Å²) < 4.78 is 5.36. The van der Waals surface area contributed by atoms with Crippen molar-refractivity contribution >= 4 is 17.3 Å². The van der Waals surface area contributed by atoms with Crippen molar-refractivity contribution in [2.24, 2.45) is 0 Å². The molecule has 1 amide bonds. The fraction of sp³-hybridized carbons (Fsp3) is 0.364. The van der Waals surface area contributed by atoms with E-state index in [0.29, 0.717) is 5.69 Å². The zero-order valence-electron chi connectivity index (χ0n) is 8.91. The first-order valence-electron chi connectivity index (χ1n) is 4.95. The second-order valence-corrected chi connectivity index (χ2v) is 3.61. The maximum Gasteiger partial charge on any atom is 0.264 e. The summed E-state index contributed by atoms with van der Waals surface area (Å²) in [6.45, 7) is 2.15. The molecule has 0 aliphatic carbocycles. The third kappa shape index (κ3) is 1.52. The molecule has 0 atom stereocenters. The maximum absolute atomic E-state index is 11.4. The molecule has 0 radical (unpaired) electrons. The van der Waals surface area contributed by atoms with Crippen LogP contribution in [-0.2, 0) is 11.2 Å². The fourth-order valence-electron chi connectivity index (χ4n) is 1.68. The number of rotatable bonds is 1. The first-order valence-corrected chi connectivity index (χ1v) is 4.95. The Balaban J connectivity index is 2.52. The number of aryl methyl sites for hydroxylation is 1. The molecule has 0 bridgehead atoms. The average molecular weight is 206 g/mol. The standard InChI is InChI=1S/C11H14N2O2/c1-3-7-4-10-9(5-8(7)12)13(2)11(14)6-15-10/h4-5H,3,6,12H2,1-2H3. The Labute approximate surface area is 88.6 Å². The van der Waals surface area contributed by atoms with Gasteiger partial charge in [-0.2, -0.15) is 0 Å². The summed E-state index contributed by atoms with van der Waals surface area (Å²) in [5, 5.41) is 0. The number of ether oxygens (including phenoxy) is 1. The summed E-state index contributed by atoms with van der Waals surface area (Å²) in [6.07, 6.45) is 0.861. The van der Waals surface area contributed by atoms with E-state index in [1.807, 2.05) is 13.0 Å². The highest BCUT2D eigenvalue weighted by Crippen LogP contribution is 2.35. The molecule has 0 saturated carbocycles. The van der Waals surface area contributed by atoms with E-state index in [1.165, 1.54) is 0 Å². The van der Waals surface area contributed by atoms with Crippen LogP contribution in [0.1, 0.15) is 12.5 Å². The summed E-state index contributed by atoms with van der Waals surface area (Å²) in [6, 6.07) is 3.71. The molecule has 4 heteroatoms. The molecule has 1 aromatic rings. The number of hydrogen-bond acceptors (Lipinski definition) is 3. The fourth-order valence-corrected chi connectivity index (χ4v) is 1.68. The molecule has 2 N–H and O–H groups in total. The molecule has 1 aliphatic rings. The molecule has 1 heterocycles. The van der Waals surface area contributed by atoms with Crippen LogP contribution >= 0.6 is 0 Å². The lowest BCUT2D eigenvalue weighted by Crippen LogP contribution is -2.35. The van der Waals surface area contributed by atoms with Crippen molar-refractivity contribution in [2.75, 3.05) is 24.3 Å². The summed E-state index contributed by atoms with van der Waals surface area (Å²) in [5.74, 6) is 0.689. The Morgan fingerprint density at radius 2 is 2.27 bits per heavy atom. The second kappa shape index (κ2) is 3.46. The van der Waals surface area contributed by atoms with Crippen LogP contribution in [0, 0.1) is 0 Å². The average Bonchev–Trinajstić information content (AvgIpc) is 2.24. The van der Waals surface area contributed by atoms with Gasteiger partial charge in [-0.25, -0.2) is 0 Å². The molecule has 0 fully saturated rings. The van der Waals surface area contributed by atoms with Crippen LogP contribution < -0.4 is 15.4 Å². The van der Waals surface area contributed by atoms with E-state index in [9.17, 15) is 4.79 Å². The van der Waals surface area contributed by atoms with Crippen molar-refractivity contribution in [1.82, 2.24) is 0 Å². The highest BCUT2D eigenvalue weighted by molar-refractivity contribution is 5.98. The van der Waals surface area contributed by atoms with Crippen molar-refractivity contribution in [1.29, 1.82) is 0 Å². The lowest BCUT2D eigenvalue weighted by molar-refractivity contribution is -0.120. The normalized spacial score (nSPS) is 14.8. The topological polar surface area (TPSA) is 55.6 Å². The van der Waals surface area contributed by atoms with Gasteiger partial charge in [0.1, 0.15) is 5.75 Å². The van der Waals surface area contributed by atoms with Crippen LogP contribution in [0.4, 0.5) is 11.4 Å². The van der Waals surface area contributed by atoms with Gasteiger partial charge in [0.05, 0.1) is 5.69 Å². The monoisotopic (exact) mass is 206 g/mol. The largest absolute Gasteiger partial charge is 0.482 e. The molecule has 0 saturated heterocycles. The van der Waals surface area contributed by atoms with E-state index >= 15 is 0 Å². The summed E-state index contributed by atoms with van der Waals surface area (Å²) in [5.41, 5.74) is 8.38. The number of amides is 1. The van der Waals surface area contributed by atoms with Crippen LogP contribution in [-0.4, -0.2) is 19.6 Å². The van der Waals surface area contributed by atoms with Crippen LogP contribution in [0.3, 0.4) is 0 Å². The smallest absolute Gasteiger partial charge is 0.264 e. The van der Waals surface area contributed by atoms with Crippen molar-refractivity contribution < 1.29 is 9.53 Å². The van der Waals surface area contributed by atoms with Crippen LogP contribution in [0.15, 0.2) is 12.1 Å². The highest BCUT2D eigenvalue weighted by Gasteiger charge is 2.23. The Morgan fingerprint density at radius 1 is 1.53 bits per heavy atom. The molecule has 4 nitrogen and oxygen atoms in total. The molecule has 1 aromatic carbocycles. The number of nitrogens with two attached hydrogens (primary N) is 1. The van der Waals surface area contributed by atoms with Gasteiger partial charge >= 0.3 is 0 Å².